The second-order valence-electron chi connectivity index (χ2n) is 5.62. The summed E-state index contributed by atoms with van der Waals surface area (Å²) >= 11 is 0. The molecule has 0 bridgehead atoms. The van der Waals surface area contributed by atoms with Crippen LogP contribution < -0.4 is 5.32 Å². The van der Waals surface area contributed by atoms with Crippen LogP contribution in [0.3, 0.4) is 0 Å². The van der Waals surface area contributed by atoms with Crippen LogP contribution in [-0.4, -0.2) is 21.9 Å². The summed E-state index contributed by atoms with van der Waals surface area (Å²) in [6, 6.07) is 8.26. The number of rotatable bonds is 6. The van der Waals surface area contributed by atoms with Crippen LogP contribution in [-0.2, 0) is 17.8 Å². The van der Waals surface area contributed by atoms with Crippen LogP contribution in [0.5, 0.6) is 0 Å². The van der Waals surface area contributed by atoms with Gasteiger partial charge in [-0.3, -0.25) is 4.79 Å². The number of anilines is 1. The first-order chi connectivity index (χ1) is 10.3. The molecule has 3 rings (SSSR count). The molecular weight excluding hydrogens is 262 g/mol. The fourth-order valence-corrected chi connectivity index (χ4v) is 3.01. The van der Waals surface area contributed by atoms with Gasteiger partial charge in [0.25, 0.3) is 0 Å². The van der Waals surface area contributed by atoms with Gasteiger partial charge in [-0.25, -0.2) is 4.98 Å². The second-order valence-corrected chi connectivity index (χ2v) is 5.62. The largest absolute Gasteiger partial charge is 0.384 e. The third kappa shape index (κ3) is 2.99. The molecule has 1 aliphatic rings. The van der Waals surface area contributed by atoms with Gasteiger partial charge in [0.15, 0.2) is 0 Å². The maximum Gasteiger partial charge on any atom is 0.141 e. The molecule has 0 saturated heterocycles. The molecule has 1 aliphatic heterocycles. The molecule has 1 N–H and O–H groups in total. The van der Waals surface area contributed by atoms with Crippen molar-refractivity contribution < 1.29 is 4.79 Å². The lowest BCUT2D eigenvalue weighted by atomic mass is 9.95. The second kappa shape index (κ2) is 6.12. The Bertz CT molecular complexity index is 632. The summed E-state index contributed by atoms with van der Waals surface area (Å²) in [6.45, 7) is 3.91. The van der Waals surface area contributed by atoms with Crippen LogP contribution in [0, 0.1) is 0 Å². The molecule has 1 atom stereocenters. The minimum atomic E-state index is 0.266. The smallest absolute Gasteiger partial charge is 0.141 e. The topological polar surface area (TPSA) is 46.9 Å². The van der Waals surface area contributed by atoms with Crippen molar-refractivity contribution in [3.8, 4) is 0 Å². The van der Waals surface area contributed by atoms with Crippen molar-refractivity contribution in [2.24, 2.45) is 0 Å². The summed E-state index contributed by atoms with van der Waals surface area (Å²) in [5.74, 6) is 1.45. The average molecular weight is 283 g/mol. The number of Topliss-reactive ketones (excluding diaryl/α,β-unsaturated/α-hetero) is 1. The first kappa shape index (κ1) is 13.9. The Kier molecular flexibility index (Phi) is 4.04. The van der Waals surface area contributed by atoms with Gasteiger partial charge < -0.3 is 9.88 Å². The van der Waals surface area contributed by atoms with E-state index in [1.165, 1.54) is 11.3 Å². The van der Waals surface area contributed by atoms with Crippen LogP contribution in [0.15, 0.2) is 36.7 Å². The number of fused-ring (bicyclic) bond motifs is 1. The number of hydrogen-bond acceptors (Lipinski definition) is 3. The number of carbonyl (C=O) groups is 1. The minimum absolute atomic E-state index is 0.266. The highest BCUT2D eigenvalue weighted by molar-refractivity contribution is 5.82. The third-order valence-electron chi connectivity index (χ3n) is 4.04. The van der Waals surface area contributed by atoms with E-state index in [9.17, 15) is 4.79 Å². The number of nitrogens with zero attached hydrogens (tertiary/aromatic N) is 2. The monoisotopic (exact) mass is 283 g/mol. The fourth-order valence-electron chi connectivity index (χ4n) is 3.01. The molecule has 2 aromatic rings. The van der Waals surface area contributed by atoms with E-state index in [1.807, 2.05) is 18.3 Å². The molecule has 0 fully saturated rings. The number of nitrogens with one attached hydrogen (secondary N) is 1. The van der Waals surface area contributed by atoms with Crippen molar-refractivity contribution in [2.75, 3.05) is 11.9 Å². The van der Waals surface area contributed by atoms with Crippen LogP contribution in [0.4, 0.5) is 5.69 Å². The van der Waals surface area contributed by atoms with E-state index in [4.69, 9.17) is 0 Å². The molecule has 4 nitrogen and oxygen atoms in total. The summed E-state index contributed by atoms with van der Waals surface area (Å²) in [6.07, 6.45) is 5.81. The molecule has 0 amide bonds. The van der Waals surface area contributed by atoms with Gasteiger partial charge in [-0.1, -0.05) is 25.1 Å². The summed E-state index contributed by atoms with van der Waals surface area (Å²) in [7, 11) is 0. The Labute approximate surface area is 125 Å². The van der Waals surface area contributed by atoms with E-state index in [0.29, 0.717) is 18.8 Å². The molecule has 0 radical (unpaired) electrons. The van der Waals surface area contributed by atoms with Gasteiger partial charge in [0.05, 0.1) is 6.42 Å². The maximum absolute atomic E-state index is 12.4. The molecule has 4 heteroatoms. The number of hydrogen-bond donors (Lipinski definition) is 1. The number of ketones is 1. The minimum Gasteiger partial charge on any atom is -0.384 e. The summed E-state index contributed by atoms with van der Waals surface area (Å²) < 4.78 is 2.08. The Morgan fingerprint density at radius 3 is 3.14 bits per heavy atom. The lowest BCUT2D eigenvalue weighted by molar-refractivity contribution is -0.118. The van der Waals surface area contributed by atoms with Gasteiger partial charge >= 0.3 is 0 Å². The molecule has 21 heavy (non-hydrogen) atoms. The van der Waals surface area contributed by atoms with Crippen molar-refractivity contribution in [2.45, 2.75) is 38.6 Å². The Morgan fingerprint density at radius 1 is 1.43 bits per heavy atom. The predicted octanol–water partition coefficient (Wildman–Crippen LogP) is 3.00. The third-order valence-corrected chi connectivity index (χ3v) is 4.04. The zero-order chi connectivity index (χ0) is 14.7. The number of carbonyl (C=O) groups excluding carboxylic acids is 1. The lowest BCUT2D eigenvalue weighted by Gasteiger charge is -2.10. The van der Waals surface area contributed by atoms with Crippen molar-refractivity contribution in [1.82, 2.24) is 9.55 Å². The van der Waals surface area contributed by atoms with E-state index < -0.39 is 0 Å². The van der Waals surface area contributed by atoms with Crippen molar-refractivity contribution in [3.63, 3.8) is 0 Å². The highest BCUT2D eigenvalue weighted by atomic mass is 16.1. The van der Waals surface area contributed by atoms with Gasteiger partial charge in [-0.15, -0.1) is 0 Å². The number of aryl methyl sites for hydroxylation is 1. The molecule has 110 valence electrons. The highest BCUT2D eigenvalue weighted by Gasteiger charge is 2.24. The normalized spacial score (nSPS) is 16.5. The zero-order valence-corrected chi connectivity index (χ0v) is 12.4. The molecule has 0 saturated carbocycles. The Hall–Kier alpha value is -2.10. The Balaban J connectivity index is 1.64. The van der Waals surface area contributed by atoms with Gasteiger partial charge in [-0.2, -0.15) is 0 Å². The first-order valence-electron chi connectivity index (χ1n) is 7.62. The fraction of sp³-hybridized carbons (Fsp3) is 0.412. The molecule has 0 aliphatic carbocycles. The number of imidazole rings is 1. The predicted molar refractivity (Wildman–Crippen MR) is 83.5 cm³/mol. The van der Waals surface area contributed by atoms with E-state index in [2.05, 4.69) is 33.9 Å². The van der Waals surface area contributed by atoms with Gasteiger partial charge in [0.1, 0.15) is 11.6 Å². The lowest BCUT2D eigenvalue weighted by Crippen LogP contribution is -2.14. The quantitative estimate of drug-likeness (QED) is 0.886. The highest BCUT2D eigenvalue weighted by Crippen LogP contribution is 2.33. The van der Waals surface area contributed by atoms with E-state index in [0.717, 1.165) is 25.3 Å². The van der Waals surface area contributed by atoms with E-state index in [-0.39, 0.29) is 5.78 Å². The Morgan fingerprint density at radius 2 is 2.29 bits per heavy atom. The van der Waals surface area contributed by atoms with E-state index >= 15 is 0 Å². The molecule has 1 aromatic heterocycles. The van der Waals surface area contributed by atoms with Crippen molar-refractivity contribution in [3.05, 3.63) is 48.0 Å². The molecular formula is C17H21N3O. The SMILES string of the molecule is CCCn1ccnc1CC(=O)CC1CNc2ccccc21. The van der Waals surface area contributed by atoms with Crippen LogP contribution in [0.2, 0.25) is 0 Å². The van der Waals surface area contributed by atoms with Gasteiger partial charge in [0, 0.05) is 43.5 Å². The van der Waals surface area contributed by atoms with Crippen molar-refractivity contribution in [1.29, 1.82) is 0 Å². The van der Waals surface area contributed by atoms with Gasteiger partial charge in [-0.05, 0) is 18.1 Å². The van der Waals surface area contributed by atoms with Crippen LogP contribution >= 0.6 is 0 Å². The van der Waals surface area contributed by atoms with Crippen LogP contribution in [0.1, 0.15) is 37.1 Å². The zero-order valence-electron chi connectivity index (χ0n) is 12.4. The molecule has 0 spiro atoms. The summed E-state index contributed by atoms with van der Waals surface area (Å²) in [5, 5.41) is 3.37. The summed E-state index contributed by atoms with van der Waals surface area (Å²) in [5.41, 5.74) is 2.44. The average Bonchev–Trinajstić information content (AvgIpc) is 3.08. The molecule has 2 heterocycles. The number of aromatic nitrogens is 2. The molecule has 1 aromatic carbocycles. The van der Waals surface area contributed by atoms with Gasteiger partial charge in [0.2, 0.25) is 0 Å². The van der Waals surface area contributed by atoms with Crippen molar-refractivity contribution >= 4 is 11.5 Å². The number of benzene rings is 1. The van der Waals surface area contributed by atoms with Crippen LogP contribution in [0.25, 0.3) is 0 Å². The standard InChI is InChI=1S/C17H21N3O/c1-2-8-20-9-7-18-17(20)11-14(21)10-13-12-19-16-6-4-3-5-15(13)16/h3-7,9,13,19H,2,8,10-12H2,1H3. The summed E-state index contributed by atoms with van der Waals surface area (Å²) in [4.78, 5) is 16.7. The number of para-hydroxylation sites is 1. The molecule has 1 unspecified atom stereocenters. The maximum atomic E-state index is 12.4. The van der Waals surface area contributed by atoms with E-state index in [1.54, 1.807) is 6.20 Å². The first-order valence-corrected chi connectivity index (χ1v) is 7.62.